The fraction of sp³-hybridized carbons (Fsp3) is 0.318. The number of imidazole rings is 1. The van der Waals surface area contributed by atoms with Crippen molar-refractivity contribution in [1.29, 1.82) is 0 Å². The van der Waals surface area contributed by atoms with Gasteiger partial charge in [-0.15, -0.1) is 0 Å². The van der Waals surface area contributed by atoms with Crippen LogP contribution in [0.25, 0.3) is 17.0 Å². The molecule has 1 aromatic carbocycles. The lowest BCUT2D eigenvalue weighted by Gasteiger charge is -2.30. The minimum atomic E-state index is 0.515. The highest BCUT2D eigenvalue weighted by molar-refractivity contribution is 5.63. The Labute approximate surface area is 164 Å². The van der Waals surface area contributed by atoms with Gasteiger partial charge in [-0.25, -0.2) is 9.97 Å². The number of fused-ring (bicyclic) bond motifs is 1. The number of aromatic nitrogens is 5. The molecule has 1 aliphatic rings. The van der Waals surface area contributed by atoms with Gasteiger partial charge in [-0.3, -0.25) is 14.4 Å². The van der Waals surface area contributed by atoms with Gasteiger partial charge in [0.05, 0.1) is 17.1 Å². The van der Waals surface area contributed by atoms with Gasteiger partial charge in [-0.2, -0.15) is 5.10 Å². The van der Waals surface area contributed by atoms with Crippen LogP contribution >= 0.6 is 0 Å². The van der Waals surface area contributed by atoms with Gasteiger partial charge in [-0.1, -0.05) is 30.3 Å². The lowest BCUT2D eigenvalue weighted by molar-refractivity contribution is 0.201. The van der Waals surface area contributed by atoms with Crippen LogP contribution in [0.2, 0.25) is 0 Å². The SMILES string of the molecule is Cc1c(-c2ccccc2)n[nH]c1CN1CCC(c2cn3cccnc3n2)CC1. The number of piperidine rings is 1. The summed E-state index contributed by atoms with van der Waals surface area (Å²) in [5, 5.41) is 7.83. The van der Waals surface area contributed by atoms with Crippen LogP contribution in [0, 0.1) is 6.92 Å². The maximum atomic E-state index is 4.71. The first-order chi connectivity index (χ1) is 13.8. The van der Waals surface area contributed by atoms with E-state index in [1.54, 1.807) is 6.20 Å². The van der Waals surface area contributed by atoms with Gasteiger partial charge in [0.2, 0.25) is 5.78 Å². The van der Waals surface area contributed by atoms with Crippen molar-refractivity contribution >= 4 is 5.78 Å². The molecule has 0 unspecified atom stereocenters. The lowest BCUT2D eigenvalue weighted by atomic mass is 9.94. The normalized spacial score (nSPS) is 16.0. The van der Waals surface area contributed by atoms with Gasteiger partial charge in [0.25, 0.3) is 0 Å². The fourth-order valence-electron chi connectivity index (χ4n) is 4.12. The molecule has 5 rings (SSSR count). The zero-order valence-corrected chi connectivity index (χ0v) is 16.0. The molecule has 0 atom stereocenters. The molecule has 6 heteroatoms. The number of H-pyrrole nitrogens is 1. The summed E-state index contributed by atoms with van der Waals surface area (Å²) in [7, 11) is 0. The third-order valence-corrected chi connectivity index (χ3v) is 5.80. The second-order valence-corrected chi connectivity index (χ2v) is 7.58. The molecule has 4 aromatic rings. The third kappa shape index (κ3) is 3.20. The highest BCUT2D eigenvalue weighted by Gasteiger charge is 2.24. The quantitative estimate of drug-likeness (QED) is 0.592. The van der Waals surface area contributed by atoms with E-state index in [2.05, 4.69) is 57.5 Å². The van der Waals surface area contributed by atoms with Gasteiger partial charge in [0, 0.05) is 36.6 Å². The van der Waals surface area contributed by atoms with Crippen molar-refractivity contribution in [2.45, 2.75) is 32.2 Å². The summed E-state index contributed by atoms with van der Waals surface area (Å²) < 4.78 is 2.01. The second-order valence-electron chi connectivity index (χ2n) is 7.58. The molecule has 0 radical (unpaired) electrons. The third-order valence-electron chi connectivity index (χ3n) is 5.80. The predicted molar refractivity (Wildman–Crippen MR) is 109 cm³/mol. The average molecular weight is 372 g/mol. The Morgan fingerprint density at radius 2 is 1.93 bits per heavy atom. The molecule has 0 saturated carbocycles. The van der Waals surface area contributed by atoms with E-state index < -0.39 is 0 Å². The van der Waals surface area contributed by atoms with Crippen molar-refractivity contribution in [3.8, 4) is 11.3 Å². The molecular formula is C22H24N6. The Balaban J connectivity index is 1.25. The Morgan fingerprint density at radius 1 is 1.11 bits per heavy atom. The first-order valence-corrected chi connectivity index (χ1v) is 9.89. The number of aromatic amines is 1. The Kier molecular flexibility index (Phi) is 4.41. The summed E-state index contributed by atoms with van der Waals surface area (Å²) >= 11 is 0. The molecule has 28 heavy (non-hydrogen) atoms. The van der Waals surface area contributed by atoms with E-state index in [0.717, 1.165) is 43.9 Å². The number of nitrogens with one attached hydrogen (secondary N) is 1. The lowest BCUT2D eigenvalue weighted by Crippen LogP contribution is -2.32. The summed E-state index contributed by atoms with van der Waals surface area (Å²) in [6.07, 6.45) is 8.20. The summed E-state index contributed by atoms with van der Waals surface area (Å²) in [5.41, 5.74) is 5.86. The zero-order valence-electron chi connectivity index (χ0n) is 16.0. The number of hydrogen-bond donors (Lipinski definition) is 1. The molecule has 1 fully saturated rings. The maximum Gasteiger partial charge on any atom is 0.233 e. The number of rotatable bonds is 4. The van der Waals surface area contributed by atoms with Gasteiger partial charge >= 0.3 is 0 Å². The van der Waals surface area contributed by atoms with Crippen molar-refractivity contribution in [3.63, 3.8) is 0 Å². The Morgan fingerprint density at radius 3 is 2.71 bits per heavy atom. The van der Waals surface area contributed by atoms with Gasteiger partial charge < -0.3 is 0 Å². The average Bonchev–Trinajstić information content (AvgIpc) is 3.33. The van der Waals surface area contributed by atoms with Crippen LogP contribution in [0.3, 0.4) is 0 Å². The molecule has 6 nitrogen and oxygen atoms in total. The van der Waals surface area contributed by atoms with Crippen LogP contribution in [0.1, 0.15) is 35.7 Å². The van der Waals surface area contributed by atoms with E-state index in [4.69, 9.17) is 4.98 Å². The highest BCUT2D eigenvalue weighted by Crippen LogP contribution is 2.29. The van der Waals surface area contributed by atoms with Gasteiger partial charge in [-0.05, 0) is 44.5 Å². The first-order valence-electron chi connectivity index (χ1n) is 9.89. The second kappa shape index (κ2) is 7.20. The summed E-state index contributed by atoms with van der Waals surface area (Å²) in [6, 6.07) is 12.3. The summed E-state index contributed by atoms with van der Waals surface area (Å²) in [5.74, 6) is 1.31. The number of likely N-dealkylation sites (tertiary alicyclic amines) is 1. The molecule has 1 aliphatic heterocycles. The highest BCUT2D eigenvalue weighted by atomic mass is 15.2. The molecule has 0 amide bonds. The van der Waals surface area contributed by atoms with E-state index >= 15 is 0 Å². The van der Waals surface area contributed by atoms with Crippen molar-refractivity contribution in [2.24, 2.45) is 0 Å². The first kappa shape index (κ1) is 17.1. The van der Waals surface area contributed by atoms with E-state index in [1.807, 2.05) is 22.7 Å². The molecule has 4 heterocycles. The molecule has 1 saturated heterocycles. The van der Waals surface area contributed by atoms with Crippen molar-refractivity contribution in [1.82, 2.24) is 29.5 Å². The molecule has 142 valence electrons. The van der Waals surface area contributed by atoms with E-state index in [1.165, 1.54) is 22.5 Å². The van der Waals surface area contributed by atoms with Crippen LogP contribution in [-0.2, 0) is 6.54 Å². The molecule has 0 aliphatic carbocycles. The molecule has 0 bridgehead atoms. The number of nitrogens with zero attached hydrogens (tertiary/aromatic N) is 5. The van der Waals surface area contributed by atoms with E-state index in [-0.39, 0.29) is 0 Å². The fourth-order valence-corrected chi connectivity index (χ4v) is 4.12. The van der Waals surface area contributed by atoms with Crippen LogP contribution in [0.4, 0.5) is 0 Å². The monoisotopic (exact) mass is 372 g/mol. The summed E-state index contributed by atoms with van der Waals surface area (Å²) in [6.45, 7) is 5.24. The number of hydrogen-bond acceptors (Lipinski definition) is 4. The van der Waals surface area contributed by atoms with E-state index in [9.17, 15) is 0 Å². The minimum absolute atomic E-state index is 0.515. The van der Waals surface area contributed by atoms with Gasteiger partial charge in [0.1, 0.15) is 0 Å². The van der Waals surface area contributed by atoms with Crippen LogP contribution in [0.15, 0.2) is 55.0 Å². The Bertz CT molecular complexity index is 1040. The minimum Gasteiger partial charge on any atom is -0.297 e. The van der Waals surface area contributed by atoms with E-state index in [0.29, 0.717) is 5.92 Å². The maximum absolute atomic E-state index is 4.71. The van der Waals surface area contributed by atoms with Crippen LogP contribution in [-0.4, -0.2) is 42.6 Å². The van der Waals surface area contributed by atoms with Crippen molar-refractivity contribution < 1.29 is 0 Å². The standard InChI is InChI=1S/C22H24N6/c1-16-19(25-26-21(16)18-6-3-2-4-7-18)14-27-12-8-17(9-13-27)20-15-28-11-5-10-23-22(28)24-20/h2-7,10-11,15,17H,8-9,12-14H2,1H3,(H,25,26). The predicted octanol–water partition coefficient (Wildman–Crippen LogP) is 3.81. The molecule has 0 spiro atoms. The zero-order chi connectivity index (χ0) is 18.9. The number of benzene rings is 1. The Hall–Kier alpha value is -2.99. The molecule has 3 aromatic heterocycles. The smallest absolute Gasteiger partial charge is 0.233 e. The molecular weight excluding hydrogens is 348 g/mol. The largest absolute Gasteiger partial charge is 0.297 e. The topological polar surface area (TPSA) is 62.1 Å². The van der Waals surface area contributed by atoms with Gasteiger partial charge in [0.15, 0.2) is 0 Å². The van der Waals surface area contributed by atoms with Crippen molar-refractivity contribution in [3.05, 3.63) is 71.9 Å². The molecule has 1 N–H and O–H groups in total. The van der Waals surface area contributed by atoms with Crippen molar-refractivity contribution in [2.75, 3.05) is 13.1 Å². The summed E-state index contributed by atoms with van der Waals surface area (Å²) in [4.78, 5) is 11.6. The van der Waals surface area contributed by atoms with Crippen LogP contribution < -0.4 is 0 Å². The van der Waals surface area contributed by atoms with Crippen LogP contribution in [0.5, 0.6) is 0 Å².